The molecule has 3 aromatic carbocycles. The van der Waals surface area contributed by atoms with Gasteiger partial charge in [-0.3, -0.25) is 0 Å². The van der Waals surface area contributed by atoms with E-state index in [1.54, 1.807) is 32.5 Å². The summed E-state index contributed by atoms with van der Waals surface area (Å²) in [6.07, 6.45) is -1.36. The number of aliphatic hydroxyl groups is 2. The molecular weight excluding hydrogens is 522 g/mol. The van der Waals surface area contributed by atoms with Crippen molar-refractivity contribution in [1.82, 2.24) is 5.32 Å². The van der Waals surface area contributed by atoms with Gasteiger partial charge in [-0.2, -0.15) is 0 Å². The van der Waals surface area contributed by atoms with Crippen LogP contribution in [0.4, 0.5) is 4.79 Å². The lowest BCUT2D eigenvalue weighted by Gasteiger charge is -2.27. The molecule has 1 amide bonds. The first-order chi connectivity index (χ1) is 18.0. The maximum Gasteiger partial charge on any atom is 0.408 e. The van der Waals surface area contributed by atoms with Gasteiger partial charge in [0.2, 0.25) is 0 Å². The van der Waals surface area contributed by atoms with Crippen LogP contribution < -0.4 is 10.1 Å². The second-order valence-electron chi connectivity index (χ2n) is 10.2. The summed E-state index contributed by atoms with van der Waals surface area (Å²) in [5, 5.41) is 23.5. The number of hydrogen-bond acceptors (Lipinski definition) is 6. The van der Waals surface area contributed by atoms with Crippen molar-refractivity contribution in [3.63, 3.8) is 0 Å². The molecule has 0 saturated heterocycles. The molecule has 0 aliphatic heterocycles. The maximum atomic E-state index is 12.1. The van der Waals surface area contributed by atoms with Crippen LogP contribution in [-0.4, -0.2) is 40.7 Å². The summed E-state index contributed by atoms with van der Waals surface area (Å²) in [6, 6.07) is 23.0. The Morgan fingerprint density at radius 1 is 1.03 bits per heavy atom. The van der Waals surface area contributed by atoms with Crippen LogP contribution >= 0.6 is 23.4 Å². The van der Waals surface area contributed by atoms with Gasteiger partial charge in [-0.1, -0.05) is 66.7 Å². The molecule has 3 unspecified atom stereocenters. The van der Waals surface area contributed by atoms with Crippen molar-refractivity contribution in [2.24, 2.45) is 0 Å². The number of amides is 1. The highest BCUT2D eigenvalue weighted by molar-refractivity contribution is 7.99. The van der Waals surface area contributed by atoms with Crippen LogP contribution in [0.5, 0.6) is 5.75 Å². The Morgan fingerprint density at radius 3 is 2.29 bits per heavy atom. The first-order valence-electron chi connectivity index (χ1n) is 12.6. The molecule has 38 heavy (non-hydrogen) atoms. The Bertz CT molecular complexity index is 1170. The second-order valence-corrected chi connectivity index (χ2v) is 11.7. The van der Waals surface area contributed by atoms with E-state index >= 15 is 0 Å². The van der Waals surface area contributed by atoms with E-state index in [0.29, 0.717) is 18.1 Å². The molecule has 0 radical (unpaired) electrons. The monoisotopic (exact) mass is 557 g/mol. The van der Waals surface area contributed by atoms with E-state index in [1.807, 2.05) is 79.7 Å². The molecule has 0 fully saturated rings. The van der Waals surface area contributed by atoms with Gasteiger partial charge in [0.1, 0.15) is 18.0 Å². The summed E-state index contributed by atoms with van der Waals surface area (Å²) in [5.74, 6) is 0.702. The van der Waals surface area contributed by atoms with Crippen LogP contribution in [0.3, 0.4) is 0 Å². The van der Waals surface area contributed by atoms with Gasteiger partial charge < -0.3 is 25.0 Å². The van der Waals surface area contributed by atoms with Crippen LogP contribution in [-0.2, 0) is 11.3 Å². The van der Waals surface area contributed by atoms with Gasteiger partial charge in [0.25, 0.3) is 0 Å². The molecule has 0 aromatic heterocycles. The standard InChI is InChI=1S/C30H36ClNO5S/c1-20(16-28(34)27(18-33)32-29(35)37-30(2,3)4)25-15-14-24(17-26(25)31)38-23-12-10-22(11-13-23)36-19-21-8-6-5-7-9-21/h5-15,17,20,27-28,33-34H,16,18-19H2,1-4H3,(H,32,35). The molecule has 0 spiro atoms. The number of alkyl carbamates (subject to hydrolysis) is 1. The van der Waals surface area contributed by atoms with Gasteiger partial charge in [0.15, 0.2) is 0 Å². The highest BCUT2D eigenvalue weighted by Gasteiger charge is 2.26. The van der Waals surface area contributed by atoms with Crippen molar-refractivity contribution in [1.29, 1.82) is 0 Å². The van der Waals surface area contributed by atoms with Gasteiger partial charge in [0.05, 0.1) is 18.8 Å². The third-order valence-corrected chi connectivity index (χ3v) is 7.09. The van der Waals surface area contributed by atoms with E-state index < -0.39 is 30.4 Å². The molecule has 3 N–H and O–H groups in total. The molecule has 0 aliphatic carbocycles. The van der Waals surface area contributed by atoms with E-state index in [4.69, 9.17) is 21.1 Å². The smallest absolute Gasteiger partial charge is 0.408 e. The molecule has 3 atom stereocenters. The van der Waals surface area contributed by atoms with Gasteiger partial charge in [-0.25, -0.2) is 4.79 Å². The minimum absolute atomic E-state index is 0.105. The Labute approximate surface area is 234 Å². The molecule has 0 bridgehead atoms. The molecule has 0 aliphatic rings. The first kappa shape index (κ1) is 29.8. The highest BCUT2D eigenvalue weighted by atomic mass is 35.5. The number of nitrogens with one attached hydrogen (secondary N) is 1. The summed E-state index contributed by atoms with van der Waals surface area (Å²) in [7, 11) is 0. The normalized spacial score (nSPS) is 13.9. The lowest BCUT2D eigenvalue weighted by Crippen LogP contribution is -2.47. The van der Waals surface area contributed by atoms with E-state index in [-0.39, 0.29) is 5.92 Å². The van der Waals surface area contributed by atoms with Crippen LogP contribution in [0, 0.1) is 0 Å². The molecule has 3 rings (SSSR count). The molecule has 0 saturated carbocycles. The minimum Gasteiger partial charge on any atom is -0.489 e. The molecular formula is C30H36ClNO5S. The third kappa shape index (κ3) is 9.55. The number of hydrogen-bond donors (Lipinski definition) is 3. The van der Waals surface area contributed by atoms with Gasteiger partial charge in [-0.05, 0) is 80.6 Å². The fourth-order valence-electron chi connectivity index (χ4n) is 3.83. The van der Waals surface area contributed by atoms with E-state index in [9.17, 15) is 15.0 Å². The molecule has 8 heteroatoms. The van der Waals surface area contributed by atoms with Crippen molar-refractivity contribution in [2.75, 3.05) is 6.61 Å². The van der Waals surface area contributed by atoms with Crippen LogP contribution in [0.25, 0.3) is 0 Å². The SMILES string of the molecule is CC(CC(O)C(CO)NC(=O)OC(C)(C)C)c1ccc(Sc2ccc(OCc3ccccc3)cc2)cc1Cl. The van der Waals surface area contributed by atoms with Crippen molar-refractivity contribution < 1.29 is 24.5 Å². The maximum absolute atomic E-state index is 12.1. The predicted octanol–water partition coefficient (Wildman–Crippen LogP) is 6.81. The lowest BCUT2D eigenvalue weighted by atomic mass is 9.92. The fraction of sp³-hybridized carbons (Fsp3) is 0.367. The number of ether oxygens (including phenoxy) is 2. The van der Waals surface area contributed by atoms with Gasteiger partial charge in [0, 0.05) is 14.8 Å². The summed E-state index contributed by atoms with van der Waals surface area (Å²) in [6.45, 7) is 7.31. The van der Waals surface area contributed by atoms with Crippen molar-refractivity contribution in [3.8, 4) is 5.75 Å². The highest BCUT2D eigenvalue weighted by Crippen LogP contribution is 2.35. The van der Waals surface area contributed by atoms with Gasteiger partial charge >= 0.3 is 6.09 Å². The summed E-state index contributed by atoms with van der Waals surface area (Å²) in [4.78, 5) is 14.1. The predicted molar refractivity (Wildman–Crippen MR) is 152 cm³/mol. The Balaban J connectivity index is 1.55. The van der Waals surface area contributed by atoms with E-state index in [2.05, 4.69) is 5.32 Å². The zero-order chi connectivity index (χ0) is 27.7. The average Bonchev–Trinajstić information content (AvgIpc) is 2.86. The largest absolute Gasteiger partial charge is 0.489 e. The third-order valence-electron chi connectivity index (χ3n) is 5.77. The van der Waals surface area contributed by atoms with Crippen LogP contribution in [0.1, 0.15) is 51.2 Å². The molecule has 0 heterocycles. The Hall–Kier alpha value is -2.71. The number of aliphatic hydroxyl groups excluding tert-OH is 2. The average molecular weight is 558 g/mol. The number of halogens is 1. The topological polar surface area (TPSA) is 88.0 Å². The molecule has 3 aromatic rings. The summed E-state index contributed by atoms with van der Waals surface area (Å²) >= 11 is 8.21. The van der Waals surface area contributed by atoms with Gasteiger partial charge in [-0.15, -0.1) is 0 Å². The van der Waals surface area contributed by atoms with Crippen LogP contribution in [0.15, 0.2) is 82.6 Å². The summed E-state index contributed by atoms with van der Waals surface area (Å²) in [5.41, 5.74) is 1.33. The molecule has 6 nitrogen and oxygen atoms in total. The number of rotatable bonds is 11. The summed E-state index contributed by atoms with van der Waals surface area (Å²) < 4.78 is 11.1. The second kappa shape index (κ2) is 13.9. The zero-order valence-corrected chi connectivity index (χ0v) is 23.8. The van der Waals surface area contributed by atoms with Crippen molar-refractivity contribution in [3.05, 3.63) is 88.9 Å². The number of carbonyl (C=O) groups is 1. The minimum atomic E-state index is -0.977. The molecule has 204 valence electrons. The zero-order valence-electron chi connectivity index (χ0n) is 22.2. The lowest BCUT2D eigenvalue weighted by molar-refractivity contribution is 0.0327. The fourth-order valence-corrected chi connectivity index (χ4v) is 5.12. The number of carbonyl (C=O) groups excluding carboxylic acids is 1. The van der Waals surface area contributed by atoms with E-state index in [1.165, 1.54) is 0 Å². The Morgan fingerprint density at radius 2 is 1.68 bits per heavy atom. The number of benzene rings is 3. The van der Waals surface area contributed by atoms with E-state index in [0.717, 1.165) is 26.7 Å². The quantitative estimate of drug-likeness (QED) is 0.240. The van der Waals surface area contributed by atoms with Crippen molar-refractivity contribution in [2.45, 2.75) is 74.2 Å². The van der Waals surface area contributed by atoms with Crippen LogP contribution in [0.2, 0.25) is 5.02 Å². The Kier molecular flexibility index (Phi) is 10.9. The van der Waals surface area contributed by atoms with Crippen molar-refractivity contribution >= 4 is 29.5 Å². The first-order valence-corrected chi connectivity index (χ1v) is 13.8.